The zero-order valence-corrected chi connectivity index (χ0v) is 10.0. The van der Waals surface area contributed by atoms with Crippen LogP contribution in [0.25, 0.3) is 0 Å². The van der Waals surface area contributed by atoms with Crippen molar-refractivity contribution in [3.8, 4) is 0 Å². The Morgan fingerprint density at radius 3 is 2.24 bits per heavy atom. The Hall–Kier alpha value is -1.74. The summed E-state index contributed by atoms with van der Waals surface area (Å²) in [4.78, 5) is 8.03. The molecule has 1 N–H and O–H groups in total. The molecule has 88 valence electrons. The van der Waals surface area contributed by atoms with Crippen LogP contribution in [0.1, 0.15) is 24.1 Å². The molecule has 0 radical (unpaired) electrons. The molecule has 0 saturated carbocycles. The molecule has 0 spiro atoms. The molecule has 3 heteroatoms. The van der Waals surface area contributed by atoms with Crippen LogP contribution in [0.5, 0.6) is 0 Å². The van der Waals surface area contributed by atoms with E-state index in [-0.39, 0.29) is 0 Å². The van der Waals surface area contributed by atoms with E-state index >= 15 is 0 Å². The highest BCUT2D eigenvalue weighted by Crippen LogP contribution is 2.09. The van der Waals surface area contributed by atoms with Crippen LogP contribution in [0.15, 0.2) is 49.1 Å². The molecule has 0 amide bonds. The van der Waals surface area contributed by atoms with Crippen LogP contribution in [-0.4, -0.2) is 16.5 Å². The average Bonchev–Trinajstić information content (AvgIpc) is 2.41. The number of hydrogen-bond donors (Lipinski definition) is 1. The fraction of sp³-hybridized carbons (Fsp3) is 0.286. The van der Waals surface area contributed by atoms with Gasteiger partial charge in [0.15, 0.2) is 0 Å². The van der Waals surface area contributed by atoms with Crippen molar-refractivity contribution in [2.45, 2.75) is 19.4 Å². The molecule has 0 aromatic carbocycles. The molecule has 1 atom stereocenters. The molecule has 0 bridgehead atoms. The minimum atomic E-state index is 0.361. The molecule has 3 nitrogen and oxygen atoms in total. The molecular formula is C14H17N3. The van der Waals surface area contributed by atoms with Crippen molar-refractivity contribution in [3.05, 3.63) is 60.2 Å². The van der Waals surface area contributed by atoms with Crippen LogP contribution in [0.2, 0.25) is 0 Å². The lowest BCUT2D eigenvalue weighted by molar-refractivity contribution is 0.576. The molecule has 0 fully saturated rings. The van der Waals surface area contributed by atoms with Crippen molar-refractivity contribution >= 4 is 0 Å². The molecule has 0 aliphatic rings. The van der Waals surface area contributed by atoms with E-state index in [1.54, 1.807) is 0 Å². The number of aromatic nitrogens is 2. The molecule has 2 aromatic rings. The van der Waals surface area contributed by atoms with Crippen LogP contribution < -0.4 is 5.32 Å². The van der Waals surface area contributed by atoms with Gasteiger partial charge in [0.05, 0.1) is 0 Å². The molecule has 0 aliphatic carbocycles. The Morgan fingerprint density at radius 2 is 1.59 bits per heavy atom. The van der Waals surface area contributed by atoms with E-state index in [1.165, 1.54) is 11.1 Å². The third-order valence-electron chi connectivity index (χ3n) is 2.82. The molecule has 2 heterocycles. The van der Waals surface area contributed by atoms with Gasteiger partial charge in [-0.3, -0.25) is 9.97 Å². The summed E-state index contributed by atoms with van der Waals surface area (Å²) >= 11 is 0. The van der Waals surface area contributed by atoms with E-state index in [4.69, 9.17) is 0 Å². The van der Waals surface area contributed by atoms with Crippen LogP contribution in [0.3, 0.4) is 0 Å². The predicted molar refractivity (Wildman–Crippen MR) is 68.6 cm³/mol. The number of pyridine rings is 2. The minimum Gasteiger partial charge on any atom is -0.310 e. The first-order valence-electron chi connectivity index (χ1n) is 5.88. The minimum absolute atomic E-state index is 0.361. The first kappa shape index (κ1) is 11.7. The third kappa shape index (κ3) is 3.64. The average molecular weight is 227 g/mol. The van der Waals surface area contributed by atoms with Gasteiger partial charge in [0.25, 0.3) is 0 Å². The lowest BCUT2D eigenvalue weighted by Gasteiger charge is -2.13. The van der Waals surface area contributed by atoms with Crippen molar-refractivity contribution in [2.75, 3.05) is 6.54 Å². The highest BCUT2D eigenvalue weighted by Gasteiger charge is 2.03. The van der Waals surface area contributed by atoms with Crippen LogP contribution >= 0.6 is 0 Å². The van der Waals surface area contributed by atoms with Crippen LogP contribution in [0.4, 0.5) is 0 Å². The largest absolute Gasteiger partial charge is 0.310 e. The van der Waals surface area contributed by atoms with Gasteiger partial charge in [-0.1, -0.05) is 0 Å². The summed E-state index contributed by atoms with van der Waals surface area (Å²) in [7, 11) is 0. The fourth-order valence-corrected chi connectivity index (χ4v) is 1.75. The first-order chi connectivity index (χ1) is 8.36. The second-order valence-electron chi connectivity index (χ2n) is 4.06. The maximum Gasteiger partial charge on any atom is 0.0293 e. The van der Waals surface area contributed by atoms with Gasteiger partial charge in [-0.2, -0.15) is 0 Å². The predicted octanol–water partition coefficient (Wildman–Crippen LogP) is 2.37. The van der Waals surface area contributed by atoms with Gasteiger partial charge in [0.1, 0.15) is 0 Å². The summed E-state index contributed by atoms with van der Waals surface area (Å²) in [6, 6.07) is 8.56. The van der Waals surface area contributed by atoms with Gasteiger partial charge in [0.2, 0.25) is 0 Å². The normalized spacial score (nSPS) is 12.3. The van der Waals surface area contributed by atoms with Crippen molar-refractivity contribution in [3.63, 3.8) is 0 Å². The number of hydrogen-bond acceptors (Lipinski definition) is 3. The van der Waals surface area contributed by atoms with Gasteiger partial charge in [-0.15, -0.1) is 0 Å². The SMILES string of the molecule is C[C@@H](NCCc1ccncc1)c1ccncc1. The summed E-state index contributed by atoms with van der Waals surface area (Å²) in [6.45, 7) is 3.13. The standard InChI is InChI=1S/C14H17N3/c1-12(14-5-9-16-10-6-14)17-11-4-13-2-7-15-8-3-13/h2-3,5-10,12,17H,4,11H2,1H3/t12-/m1/s1. The van der Waals surface area contributed by atoms with Crippen LogP contribution in [-0.2, 0) is 6.42 Å². The fourth-order valence-electron chi connectivity index (χ4n) is 1.75. The van der Waals surface area contributed by atoms with Gasteiger partial charge >= 0.3 is 0 Å². The zero-order chi connectivity index (χ0) is 11.9. The van der Waals surface area contributed by atoms with Crippen LogP contribution in [0, 0.1) is 0 Å². The van der Waals surface area contributed by atoms with E-state index < -0.39 is 0 Å². The summed E-state index contributed by atoms with van der Waals surface area (Å²) in [5, 5.41) is 3.50. The smallest absolute Gasteiger partial charge is 0.0293 e. The number of nitrogens with one attached hydrogen (secondary N) is 1. The van der Waals surface area contributed by atoms with Gasteiger partial charge in [-0.05, 0) is 55.3 Å². The molecular weight excluding hydrogens is 210 g/mol. The maximum absolute atomic E-state index is 4.02. The van der Waals surface area contributed by atoms with Crippen molar-refractivity contribution in [1.82, 2.24) is 15.3 Å². The Labute approximate surface area is 102 Å². The van der Waals surface area contributed by atoms with E-state index in [1.807, 2.05) is 36.9 Å². The number of rotatable bonds is 5. The molecule has 17 heavy (non-hydrogen) atoms. The van der Waals surface area contributed by atoms with Gasteiger partial charge < -0.3 is 5.32 Å². The molecule has 0 saturated heterocycles. The van der Waals surface area contributed by atoms with Gasteiger partial charge in [0, 0.05) is 30.8 Å². The zero-order valence-electron chi connectivity index (χ0n) is 10.0. The summed E-state index contributed by atoms with van der Waals surface area (Å²) in [6.07, 6.45) is 8.36. The summed E-state index contributed by atoms with van der Waals surface area (Å²) in [5.74, 6) is 0. The summed E-state index contributed by atoms with van der Waals surface area (Å²) < 4.78 is 0. The summed E-state index contributed by atoms with van der Waals surface area (Å²) in [5.41, 5.74) is 2.59. The Kier molecular flexibility index (Phi) is 4.22. The Balaban J connectivity index is 1.79. The molecule has 0 aliphatic heterocycles. The Morgan fingerprint density at radius 1 is 1.00 bits per heavy atom. The maximum atomic E-state index is 4.02. The molecule has 2 rings (SSSR count). The first-order valence-corrected chi connectivity index (χ1v) is 5.88. The quantitative estimate of drug-likeness (QED) is 0.852. The van der Waals surface area contributed by atoms with E-state index in [0.29, 0.717) is 6.04 Å². The highest BCUT2D eigenvalue weighted by molar-refractivity contribution is 5.14. The molecule has 0 unspecified atom stereocenters. The topological polar surface area (TPSA) is 37.8 Å². The van der Waals surface area contributed by atoms with Crippen molar-refractivity contribution in [1.29, 1.82) is 0 Å². The lowest BCUT2D eigenvalue weighted by atomic mass is 10.1. The highest BCUT2D eigenvalue weighted by atomic mass is 14.9. The van der Waals surface area contributed by atoms with E-state index in [9.17, 15) is 0 Å². The molecule has 2 aromatic heterocycles. The van der Waals surface area contributed by atoms with Gasteiger partial charge in [-0.25, -0.2) is 0 Å². The van der Waals surface area contributed by atoms with Crippen molar-refractivity contribution in [2.24, 2.45) is 0 Å². The van der Waals surface area contributed by atoms with E-state index in [2.05, 4.69) is 34.3 Å². The third-order valence-corrected chi connectivity index (χ3v) is 2.82. The number of nitrogens with zero attached hydrogens (tertiary/aromatic N) is 2. The monoisotopic (exact) mass is 227 g/mol. The lowest BCUT2D eigenvalue weighted by Crippen LogP contribution is -2.21. The Bertz CT molecular complexity index is 428. The second kappa shape index (κ2) is 6.11. The van der Waals surface area contributed by atoms with E-state index in [0.717, 1.165) is 13.0 Å². The van der Waals surface area contributed by atoms with Crippen molar-refractivity contribution < 1.29 is 0 Å². The second-order valence-corrected chi connectivity index (χ2v) is 4.06.